The van der Waals surface area contributed by atoms with Crippen LogP contribution in [-0.2, 0) is 26.2 Å². The maximum atomic E-state index is 14.3. The van der Waals surface area contributed by atoms with Crippen LogP contribution in [0.25, 0.3) is 0 Å². The van der Waals surface area contributed by atoms with Crippen molar-refractivity contribution in [3.63, 3.8) is 0 Å². The molecule has 1 aliphatic rings. The molecule has 0 bridgehead atoms. The van der Waals surface area contributed by atoms with Gasteiger partial charge in [0.2, 0.25) is 11.8 Å². The minimum atomic E-state index is -4.16. The molecule has 1 fully saturated rings. The van der Waals surface area contributed by atoms with E-state index >= 15 is 0 Å². The average molecular weight is 626 g/mol. The maximum absolute atomic E-state index is 14.3. The first-order valence-electron chi connectivity index (χ1n) is 14.7. The second-order valence-corrected chi connectivity index (χ2v) is 13.2. The summed E-state index contributed by atoms with van der Waals surface area (Å²) in [4.78, 5) is 29.4. The minimum absolute atomic E-state index is 0.00925. The van der Waals surface area contributed by atoms with Gasteiger partial charge < -0.3 is 15.0 Å². The Bertz CT molecular complexity index is 1490. The summed E-state index contributed by atoms with van der Waals surface area (Å²) in [5.41, 5.74) is 1.99. The van der Waals surface area contributed by atoms with E-state index in [1.165, 1.54) is 29.2 Å². The zero-order chi connectivity index (χ0) is 31.0. The van der Waals surface area contributed by atoms with Crippen molar-refractivity contribution in [3.05, 3.63) is 88.9 Å². The minimum Gasteiger partial charge on any atom is -0.497 e. The highest BCUT2D eigenvalue weighted by molar-refractivity contribution is 7.92. The number of halogens is 1. The van der Waals surface area contributed by atoms with E-state index in [0.29, 0.717) is 22.9 Å². The van der Waals surface area contributed by atoms with E-state index in [1.54, 1.807) is 37.4 Å². The van der Waals surface area contributed by atoms with Crippen LogP contribution in [0, 0.1) is 6.92 Å². The lowest BCUT2D eigenvalue weighted by molar-refractivity contribution is -0.140. The number of benzene rings is 3. The Balaban J connectivity index is 1.70. The highest BCUT2D eigenvalue weighted by Gasteiger charge is 2.34. The molecule has 43 heavy (non-hydrogen) atoms. The van der Waals surface area contributed by atoms with Crippen LogP contribution < -0.4 is 14.4 Å². The lowest BCUT2D eigenvalue weighted by atomic mass is 9.95. The number of anilines is 1. The van der Waals surface area contributed by atoms with Gasteiger partial charge in [-0.05, 0) is 85.8 Å². The van der Waals surface area contributed by atoms with Gasteiger partial charge in [-0.2, -0.15) is 0 Å². The van der Waals surface area contributed by atoms with E-state index in [0.717, 1.165) is 47.5 Å². The molecule has 1 unspecified atom stereocenters. The first-order chi connectivity index (χ1) is 20.6. The van der Waals surface area contributed by atoms with Crippen molar-refractivity contribution in [3.8, 4) is 5.75 Å². The second kappa shape index (κ2) is 14.8. The van der Waals surface area contributed by atoms with Gasteiger partial charge in [0.05, 0.1) is 17.7 Å². The third-order valence-electron chi connectivity index (χ3n) is 7.82. The highest BCUT2D eigenvalue weighted by Crippen LogP contribution is 2.27. The number of rotatable bonds is 12. The van der Waals surface area contributed by atoms with Gasteiger partial charge in [-0.15, -0.1) is 0 Å². The number of carbonyl (C=O) groups excluding carboxylic acids is 2. The average Bonchev–Trinajstić information content (AvgIpc) is 3.00. The van der Waals surface area contributed by atoms with Gasteiger partial charge >= 0.3 is 0 Å². The molecule has 0 spiro atoms. The lowest BCUT2D eigenvalue weighted by Crippen LogP contribution is -2.54. The van der Waals surface area contributed by atoms with Gasteiger partial charge in [0.25, 0.3) is 10.0 Å². The number of carbonyl (C=O) groups is 2. The van der Waals surface area contributed by atoms with Crippen LogP contribution in [-0.4, -0.2) is 50.9 Å². The predicted molar refractivity (Wildman–Crippen MR) is 170 cm³/mol. The SMILES string of the molecule is CCC(C(=O)NC1CCCCC1)N(Cc1ccc(OC)cc1)C(=O)CN(c1cccc(C)c1)S(=O)(=O)c1ccc(Cl)cc1. The van der Waals surface area contributed by atoms with Gasteiger partial charge in [0.15, 0.2) is 0 Å². The third-order valence-corrected chi connectivity index (χ3v) is 9.86. The molecule has 1 aliphatic carbocycles. The van der Waals surface area contributed by atoms with Crippen molar-refractivity contribution in [2.75, 3.05) is 18.0 Å². The molecule has 0 aliphatic heterocycles. The Morgan fingerprint density at radius 3 is 2.28 bits per heavy atom. The Kier molecular flexibility index (Phi) is 11.1. The zero-order valence-corrected chi connectivity index (χ0v) is 26.5. The Morgan fingerprint density at radius 2 is 1.67 bits per heavy atom. The zero-order valence-electron chi connectivity index (χ0n) is 25.0. The molecule has 3 aromatic carbocycles. The topological polar surface area (TPSA) is 96.0 Å². The van der Waals surface area contributed by atoms with E-state index in [1.807, 2.05) is 32.0 Å². The Labute approximate surface area is 260 Å². The highest BCUT2D eigenvalue weighted by atomic mass is 35.5. The molecule has 0 radical (unpaired) electrons. The van der Waals surface area contributed by atoms with Crippen molar-refractivity contribution in [1.82, 2.24) is 10.2 Å². The molecule has 10 heteroatoms. The molecule has 230 valence electrons. The molecule has 0 aromatic heterocycles. The summed E-state index contributed by atoms with van der Waals surface area (Å²) < 4.78 is 34.4. The van der Waals surface area contributed by atoms with E-state index in [2.05, 4.69) is 5.32 Å². The van der Waals surface area contributed by atoms with Crippen LogP contribution in [0.5, 0.6) is 5.75 Å². The molecule has 1 saturated carbocycles. The molecule has 1 atom stereocenters. The van der Waals surface area contributed by atoms with E-state index in [4.69, 9.17) is 16.3 Å². The maximum Gasteiger partial charge on any atom is 0.264 e. The fraction of sp³-hybridized carbons (Fsp3) is 0.394. The molecule has 4 rings (SSSR count). The van der Waals surface area contributed by atoms with Crippen molar-refractivity contribution < 1.29 is 22.7 Å². The summed E-state index contributed by atoms with van der Waals surface area (Å²) in [6, 6.07) is 19.4. The van der Waals surface area contributed by atoms with Crippen molar-refractivity contribution in [2.45, 2.75) is 75.9 Å². The summed E-state index contributed by atoms with van der Waals surface area (Å²) in [6.07, 6.45) is 5.47. The van der Waals surface area contributed by atoms with Crippen molar-refractivity contribution >= 4 is 39.1 Å². The number of methoxy groups -OCH3 is 1. The van der Waals surface area contributed by atoms with Crippen LogP contribution in [0.4, 0.5) is 5.69 Å². The monoisotopic (exact) mass is 625 g/mol. The summed E-state index contributed by atoms with van der Waals surface area (Å²) in [5.74, 6) is -0.0391. The fourth-order valence-corrected chi connectivity index (χ4v) is 6.97. The molecule has 3 aromatic rings. The third kappa shape index (κ3) is 8.30. The number of ether oxygens (including phenoxy) is 1. The fourth-order valence-electron chi connectivity index (χ4n) is 5.44. The predicted octanol–water partition coefficient (Wildman–Crippen LogP) is 6.11. The largest absolute Gasteiger partial charge is 0.497 e. The van der Waals surface area contributed by atoms with Crippen LogP contribution in [0.2, 0.25) is 5.02 Å². The summed E-state index contributed by atoms with van der Waals surface area (Å²) in [5, 5.41) is 3.57. The van der Waals surface area contributed by atoms with Gasteiger partial charge in [-0.1, -0.05) is 62.1 Å². The molecular formula is C33H40ClN3O5S. The standard InChI is InChI=1S/C33H40ClN3O5S/c1-4-31(33(39)35-27-10-6-5-7-11-27)36(22-25-13-17-29(42-3)18-14-25)32(38)23-37(28-12-8-9-24(2)21-28)43(40,41)30-19-15-26(34)16-20-30/h8-9,12-21,27,31H,4-7,10-11,22-23H2,1-3H3,(H,35,39). The van der Waals surface area contributed by atoms with Crippen molar-refractivity contribution in [1.29, 1.82) is 0 Å². The van der Waals surface area contributed by atoms with Crippen LogP contribution in [0.15, 0.2) is 77.7 Å². The Hall–Kier alpha value is -3.56. The van der Waals surface area contributed by atoms with E-state index in [9.17, 15) is 18.0 Å². The quantitative estimate of drug-likeness (QED) is 0.262. The number of sulfonamides is 1. The number of amides is 2. The molecular weight excluding hydrogens is 586 g/mol. The number of nitrogens with one attached hydrogen (secondary N) is 1. The van der Waals surface area contributed by atoms with Gasteiger partial charge in [0.1, 0.15) is 18.3 Å². The van der Waals surface area contributed by atoms with Crippen LogP contribution in [0.1, 0.15) is 56.6 Å². The van der Waals surface area contributed by atoms with E-state index < -0.39 is 28.5 Å². The first kappa shape index (κ1) is 32.4. The lowest BCUT2D eigenvalue weighted by Gasteiger charge is -2.34. The van der Waals surface area contributed by atoms with Crippen LogP contribution in [0.3, 0.4) is 0 Å². The van der Waals surface area contributed by atoms with Gasteiger partial charge in [-0.25, -0.2) is 8.42 Å². The summed E-state index contributed by atoms with van der Waals surface area (Å²) in [7, 11) is -2.59. The van der Waals surface area contributed by atoms with Crippen LogP contribution >= 0.6 is 11.6 Å². The second-order valence-electron chi connectivity index (χ2n) is 10.9. The normalized spacial score (nSPS) is 14.5. The molecule has 1 N–H and O–H groups in total. The Morgan fingerprint density at radius 1 is 1.00 bits per heavy atom. The number of aryl methyl sites for hydroxylation is 1. The van der Waals surface area contributed by atoms with E-state index in [-0.39, 0.29) is 23.4 Å². The smallest absolute Gasteiger partial charge is 0.264 e. The van der Waals surface area contributed by atoms with Gasteiger partial charge in [-0.3, -0.25) is 13.9 Å². The number of hydrogen-bond acceptors (Lipinski definition) is 5. The molecule has 0 heterocycles. The molecule has 0 saturated heterocycles. The summed E-state index contributed by atoms with van der Waals surface area (Å²) in [6.45, 7) is 3.36. The number of hydrogen-bond donors (Lipinski definition) is 1. The van der Waals surface area contributed by atoms with Gasteiger partial charge in [0, 0.05) is 17.6 Å². The van der Waals surface area contributed by atoms with Crippen molar-refractivity contribution in [2.24, 2.45) is 0 Å². The molecule has 8 nitrogen and oxygen atoms in total. The first-order valence-corrected chi connectivity index (χ1v) is 16.5. The summed E-state index contributed by atoms with van der Waals surface area (Å²) >= 11 is 6.04. The number of nitrogens with zero attached hydrogens (tertiary/aromatic N) is 2. The molecule has 2 amide bonds.